The van der Waals surface area contributed by atoms with Crippen LogP contribution in [-0.4, -0.2) is 31.1 Å². The zero-order chi connectivity index (χ0) is 20.1. The van der Waals surface area contributed by atoms with Crippen LogP contribution in [0.2, 0.25) is 10.0 Å². The first-order valence-corrected chi connectivity index (χ1v) is 10.5. The number of carbonyl (C=O) groups is 1. The number of nitrogens with zero attached hydrogens (tertiary/aromatic N) is 1. The molecule has 0 atom stereocenters. The third-order valence-corrected chi connectivity index (χ3v) is 5.99. The lowest BCUT2D eigenvalue weighted by Crippen LogP contribution is -2.24. The largest absolute Gasteiger partial charge is 0.462 e. The Bertz CT molecular complexity index is 797. The average molecular weight is 420 g/mol. The first-order valence-electron chi connectivity index (χ1n) is 9.77. The van der Waals surface area contributed by atoms with Crippen molar-refractivity contribution < 1.29 is 9.53 Å². The second-order valence-electron chi connectivity index (χ2n) is 7.87. The van der Waals surface area contributed by atoms with Crippen molar-refractivity contribution in [1.29, 1.82) is 0 Å². The molecular formula is C23H27Cl2NO2. The van der Waals surface area contributed by atoms with Gasteiger partial charge in [-0.05, 0) is 74.5 Å². The van der Waals surface area contributed by atoms with Crippen LogP contribution in [0.4, 0.5) is 0 Å². The summed E-state index contributed by atoms with van der Waals surface area (Å²) in [7, 11) is 4.16. The van der Waals surface area contributed by atoms with Gasteiger partial charge in [0.05, 0.1) is 16.5 Å². The summed E-state index contributed by atoms with van der Waals surface area (Å²) < 4.78 is 5.69. The van der Waals surface area contributed by atoms with Gasteiger partial charge in [0.1, 0.15) is 6.10 Å². The molecule has 0 spiro atoms. The summed E-state index contributed by atoms with van der Waals surface area (Å²) in [6.45, 7) is 0.960. The van der Waals surface area contributed by atoms with Crippen molar-refractivity contribution in [2.45, 2.75) is 50.7 Å². The summed E-state index contributed by atoms with van der Waals surface area (Å²) in [5, 5.41) is 0.955. The number of carbonyl (C=O) groups excluding carboxylic acids is 1. The van der Waals surface area contributed by atoms with Crippen LogP contribution in [-0.2, 0) is 22.5 Å². The van der Waals surface area contributed by atoms with Crippen LogP contribution in [0, 0.1) is 0 Å². The van der Waals surface area contributed by atoms with Crippen molar-refractivity contribution >= 4 is 29.2 Å². The van der Waals surface area contributed by atoms with Gasteiger partial charge in [0.15, 0.2) is 0 Å². The number of rotatable bonds is 6. The fraction of sp³-hybridized carbons (Fsp3) is 0.435. The van der Waals surface area contributed by atoms with Crippen molar-refractivity contribution in [2.75, 3.05) is 14.1 Å². The Balaban J connectivity index is 1.47. The summed E-state index contributed by atoms with van der Waals surface area (Å²) >= 11 is 11.9. The number of hydrogen-bond donors (Lipinski definition) is 0. The van der Waals surface area contributed by atoms with Crippen LogP contribution in [0.25, 0.3) is 0 Å². The molecule has 0 heterocycles. The van der Waals surface area contributed by atoms with Crippen LogP contribution >= 0.6 is 23.2 Å². The number of hydrogen-bond acceptors (Lipinski definition) is 3. The fourth-order valence-corrected chi connectivity index (χ4v) is 4.14. The van der Waals surface area contributed by atoms with Crippen molar-refractivity contribution in [3.05, 3.63) is 69.2 Å². The summed E-state index contributed by atoms with van der Waals surface area (Å²) in [5.74, 6) is 0.355. The second-order valence-corrected chi connectivity index (χ2v) is 8.68. The second kappa shape index (κ2) is 9.78. The average Bonchev–Trinajstić information content (AvgIpc) is 2.65. The molecule has 2 aromatic rings. The fourth-order valence-electron chi connectivity index (χ4n) is 3.82. The molecule has 0 bridgehead atoms. The van der Waals surface area contributed by atoms with Gasteiger partial charge in [-0.3, -0.25) is 4.79 Å². The molecule has 3 nitrogen and oxygen atoms in total. The first-order chi connectivity index (χ1) is 13.4. The summed E-state index contributed by atoms with van der Waals surface area (Å²) in [5.41, 5.74) is 3.55. The number of esters is 1. The minimum atomic E-state index is -0.199. The highest BCUT2D eigenvalue weighted by Crippen LogP contribution is 2.34. The third kappa shape index (κ3) is 5.97. The summed E-state index contributed by atoms with van der Waals surface area (Å²) in [4.78, 5) is 14.4. The van der Waals surface area contributed by atoms with E-state index in [-0.39, 0.29) is 18.5 Å². The Morgan fingerprint density at radius 3 is 2.21 bits per heavy atom. The van der Waals surface area contributed by atoms with E-state index in [1.807, 2.05) is 6.07 Å². The predicted octanol–water partition coefficient (Wildman–Crippen LogP) is 5.87. The maximum atomic E-state index is 12.3. The van der Waals surface area contributed by atoms with E-state index in [1.165, 1.54) is 11.1 Å². The molecule has 0 saturated heterocycles. The van der Waals surface area contributed by atoms with Gasteiger partial charge in [0.2, 0.25) is 0 Å². The first kappa shape index (κ1) is 21.2. The Hall–Kier alpha value is -1.55. The maximum absolute atomic E-state index is 12.3. The molecule has 1 aliphatic rings. The molecule has 150 valence electrons. The predicted molar refractivity (Wildman–Crippen MR) is 115 cm³/mol. The Kier molecular flexibility index (Phi) is 7.39. The molecule has 0 aliphatic heterocycles. The van der Waals surface area contributed by atoms with E-state index in [2.05, 4.69) is 43.3 Å². The molecule has 0 unspecified atom stereocenters. The standard InChI is InChI=1S/C23H27Cl2NO2/c1-26(2)15-16-3-6-18(7-4-16)19-8-10-20(11-9-19)28-23(27)14-17-5-12-21(24)22(25)13-17/h3-7,12-13,19-20H,8-11,14-15H2,1-2H3. The highest BCUT2D eigenvalue weighted by molar-refractivity contribution is 6.42. The molecule has 0 aromatic heterocycles. The lowest BCUT2D eigenvalue weighted by molar-refractivity contribution is -0.149. The number of halogens is 2. The Labute approximate surface area is 177 Å². The topological polar surface area (TPSA) is 29.5 Å². The van der Waals surface area contributed by atoms with Gasteiger partial charge in [-0.15, -0.1) is 0 Å². The van der Waals surface area contributed by atoms with Gasteiger partial charge >= 0.3 is 5.97 Å². The van der Waals surface area contributed by atoms with E-state index < -0.39 is 0 Å². The van der Waals surface area contributed by atoms with Crippen LogP contribution in [0.1, 0.15) is 48.3 Å². The molecule has 2 aromatic carbocycles. The van der Waals surface area contributed by atoms with E-state index in [1.54, 1.807) is 12.1 Å². The van der Waals surface area contributed by atoms with Crippen LogP contribution < -0.4 is 0 Å². The molecule has 0 radical (unpaired) electrons. The van der Waals surface area contributed by atoms with Crippen LogP contribution in [0.3, 0.4) is 0 Å². The molecule has 3 rings (SSSR count). The Morgan fingerprint density at radius 2 is 1.61 bits per heavy atom. The van der Waals surface area contributed by atoms with Gasteiger partial charge < -0.3 is 9.64 Å². The van der Waals surface area contributed by atoms with Crippen LogP contribution in [0.15, 0.2) is 42.5 Å². The third-order valence-electron chi connectivity index (χ3n) is 5.25. The highest BCUT2D eigenvalue weighted by Gasteiger charge is 2.25. The molecule has 1 saturated carbocycles. The molecule has 0 N–H and O–H groups in total. The minimum Gasteiger partial charge on any atom is -0.462 e. The zero-order valence-corrected chi connectivity index (χ0v) is 18.0. The minimum absolute atomic E-state index is 0.0135. The van der Waals surface area contributed by atoms with Crippen molar-refractivity contribution in [3.8, 4) is 0 Å². The smallest absolute Gasteiger partial charge is 0.310 e. The van der Waals surface area contributed by atoms with Gasteiger partial charge in [-0.1, -0.05) is 53.5 Å². The quantitative estimate of drug-likeness (QED) is 0.548. The van der Waals surface area contributed by atoms with E-state index in [9.17, 15) is 4.79 Å². The van der Waals surface area contributed by atoms with E-state index in [0.29, 0.717) is 16.0 Å². The molecule has 5 heteroatoms. The van der Waals surface area contributed by atoms with E-state index >= 15 is 0 Å². The number of ether oxygens (including phenoxy) is 1. The lowest BCUT2D eigenvalue weighted by atomic mass is 9.82. The summed E-state index contributed by atoms with van der Waals surface area (Å²) in [6.07, 6.45) is 4.17. The highest BCUT2D eigenvalue weighted by atomic mass is 35.5. The van der Waals surface area contributed by atoms with Crippen LogP contribution in [0.5, 0.6) is 0 Å². The molecule has 28 heavy (non-hydrogen) atoms. The molecular weight excluding hydrogens is 393 g/mol. The van der Waals surface area contributed by atoms with Gasteiger partial charge in [0, 0.05) is 6.54 Å². The van der Waals surface area contributed by atoms with Crippen molar-refractivity contribution in [3.63, 3.8) is 0 Å². The molecule has 1 aliphatic carbocycles. The SMILES string of the molecule is CN(C)Cc1ccc(C2CCC(OC(=O)Cc3ccc(Cl)c(Cl)c3)CC2)cc1. The molecule has 0 amide bonds. The van der Waals surface area contributed by atoms with E-state index in [4.69, 9.17) is 27.9 Å². The van der Waals surface area contributed by atoms with E-state index in [0.717, 1.165) is 37.8 Å². The van der Waals surface area contributed by atoms with Crippen molar-refractivity contribution in [2.24, 2.45) is 0 Å². The lowest BCUT2D eigenvalue weighted by Gasteiger charge is -2.28. The number of benzene rings is 2. The molecule has 1 fully saturated rings. The van der Waals surface area contributed by atoms with Crippen molar-refractivity contribution in [1.82, 2.24) is 4.90 Å². The monoisotopic (exact) mass is 419 g/mol. The van der Waals surface area contributed by atoms with Gasteiger partial charge in [-0.2, -0.15) is 0 Å². The van der Waals surface area contributed by atoms with Gasteiger partial charge in [-0.25, -0.2) is 0 Å². The summed E-state index contributed by atoms with van der Waals surface area (Å²) in [6, 6.07) is 14.2. The zero-order valence-electron chi connectivity index (χ0n) is 16.5. The maximum Gasteiger partial charge on any atom is 0.310 e. The van der Waals surface area contributed by atoms with Gasteiger partial charge in [0.25, 0.3) is 0 Å². The Morgan fingerprint density at radius 1 is 0.964 bits per heavy atom. The normalized spacial score (nSPS) is 19.6.